The molecule has 24 heavy (non-hydrogen) atoms. The Labute approximate surface area is 145 Å². The minimum Gasteiger partial charge on any atom is -0.300 e. The highest BCUT2D eigenvalue weighted by atomic mass is 14.4. The monoisotopic (exact) mass is 315 g/mol. The van der Waals surface area contributed by atoms with Crippen molar-refractivity contribution in [3.05, 3.63) is 93.1 Å². The van der Waals surface area contributed by atoms with Gasteiger partial charge in [0.25, 0.3) is 0 Å². The molecule has 3 rings (SSSR count). The summed E-state index contributed by atoms with van der Waals surface area (Å²) in [6, 6.07) is 12.6. The average Bonchev–Trinajstić information content (AvgIpc) is 2.90. The van der Waals surface area contributed by atoms with Gasteiger partial charge >= 0.3 is 0 Å². The van der Waals surface area contributed by atoms with E-state index in [2.05, 4.69) is 77.1 Å². The second kappa shape index (κ2) is 6.24. The maximum atomic E-state index is 8.86. The van der Waals surface area contributed by atoms with Crippen LogP contribution in [0.2, 0.25) is 0 Å². The standard InChI is InChI=1S/C23H25N/c1-14-12-16(3)22(13-14)20-8-6-7-9-21(20)23(24)19-11-10-15(2)17(4)18(19)5/h6-13,22,24H,1-5H3. The first-order valence-electron chi connectivity index (χ1n) is 8.51. The lowest BCUT2D eigenvalue weighted by Crippen LogP contribution is -2.10. The van der Waals surface area contributed by atoms with Gasteiger partial charge in [0.2, 0.25) is 0 Å². The van der Waals surface area contributed by atoms with Crippen LogP contribution in [0.3, 0.4) is 0 Å². The minimum absolute atomic E-state index is 0.286. The molecule has 0 aliphatic heterocycles. The van der Waals surface area contributed by atoms with E-state index in [4.69, 9.17) is 5.41 Å². The molecular formula is C23H25N. The van der Waals surface area contributed by atoms with Crippen LogP contribution in [-0.2, 0) is 0 Å². The van der Waals surface area contributed by atoms with Crippen molar-refractivity contribution in [3.63, 3.8) is 0 Å². The minimum atomic E-state index is 0.286. The van der Waals surface area contributed by atoms with Gasteiger partial charge < -0.3 is 0 Å². The summed E-state index contributed by atoms with van der Waals surface area (Å²) in [5.74, 6) is 0.286. The molecule has 0 radical (unpaired) electrons. The van der Waals surface area contributed by atoms with Crippen molar-refractivity contribution in [2.24, 2.45) is 0 Å². The Bertz CT molecular complexity index is 881. The van der Waals surface area contributed by atoms with E-state index in [1.807, 2.05) is 6.07 Å². The zero-order valence-corrected chi connectivity index (χ0v) is 15.2. The van der Waals surface area contributed by atoms with Crippen molar-refractivity contribution in [2.45, 2.75) is 40.5 Å². The van der Waals surface area contributed by atoms with E-state index in [-0.39, 0.29) is 5.92 Å². The molecule has 1 aliphatic rings. The maximum absolute atomic E-state index is 8.86. The zero-order valence-electron chi connectivity index (χ0n) is 15.2. The second-order valence-corrected chi connectivity index (χ2v) is 6.92. The van der Waals surface area contributed by atoms with Gasteiger partial charge in [0.15, 0.2) is 0 Å². The van der Waals surface area contributed by atoms with Crippen LogP contribution in [-0.4, -0.2) is 5.71 Å². The molecule has 1 nitrogen and oxygen atoms in total. The van der Waals surface area contributed by atoms with Crippen molar-refractivity contribution in [1.29, 1.82) is 5.41 Å². The highest BCUT2D eigenvalue weighted by Crippen LogP contribution is 2.35. The number of aryl methyl sites for hydroxylation is 1. The molecule has 0 aromatic heterocycles. The van der Waals surface area contributed by atoms with Gasteiger partial charge in [0.05, 0.1) is 5.71 Å². The smallest absolute Gasteiger partial charge is 0.0690 e. The molecular weight excluding hydrogens is 290 g/mol. The van der Waals surface area contributed by atoms with Crippen molar-refractivity contribution in [3.8, 4) is 0 Å². The van der Waals surface area contributed by atoms with Crippen molar-refractivity contribution in [2.75, 3.05) is 0 Å². The summed E-state index contributed by atoms with van der Waals surface area (Å²) >= 11 is 0. The van der Waals surface area contributed by atoms with Gasteiger partial charge in [0, 0.05) is 17.0 Å². The number of hydrogen-bond donors (Lipinski definition) is 1. The molecule has 1 atom stereocenters. The van der Waals surface area contributed by atoms with E-state index in [1.165, 1.54) is 33.4 Å². The number of allylic oxidation sites excluding steroid dienone is 4. The lowest BCUT2D eigenvalue weighted by molar-refractivity contribution is 1.01. The maximum Gasteiger partial charge on any atom is 0.0690 e. The molecule has 2 aromatic rings. The molecule has 1 unspecified atom stereocenters. The Morgan fingerprint density at radius 3 is 2.21 bits per heavy atom. The molecule has 0 fully saturated rings. The van der Waals surface area contributed by atoms with E-state index in [9.17, 15) is 0 Å². The van der Waals surface area contributed by atoms with E-state index in [0.717, 1.165) is 11.1 Å². The molecule has 0 bridgehead atoms. The molecule has 0 heterocycles. The SMILES string of the molecule is CC1=CC(c2ccccc2C(=N)c2ccc(C)c(C)c2C)C(C)=C1. The van der Waals surface area contributed by atoms with Crippen LogP contribution in [0.25, 0.3) is 0 Å². The molecule has 122 valence electrons. The molecule has 1 heteroatoms. The molecule has 2 aromatic carbocycles. The van der Waals surface area contributed by atoms with Gasteiger partial charge in [-0.05, 0) is 56.9 Å². The Balaban J connectivity index is 2.10. The van der Waals surface area contributed by atoms with Crippen LogP contribution in [0.5, 0.6) is 0 Å². The number of nitrogens with one attached hydrogen (secondary N) is 1. The summed E-state index contributed by atoms with van der Waals surface area (Å²) < 4.78 is 0. The quantitative estimate of drug-likeness (QED) is 0.670. The first-order valence-corrected chi connectivity index (χ1v) is 8.51. The predicted octanol–water partition coefficient (Wildman–Crippen LogP) is 6.02. The third-order valence-corrected chi connectivity index (χ3v) is 5.27. The van der Waals surface area contributed by atoms with Crippen molar-refractivity contribution >= 4 is 5.71 Å². The average molecular weight is 315 g/mol. The van der Waals surface area contributed by atoms with Crippen molar-refractivity contribution < 1.29 is 0 Å². The molecule has 1 N–H and O–H groups in total. The molecule has 0 saturated carbocycles. The normalized spacial score (nSPS) is 16.8. The highest BCUT2D eigenvalue weighted by Gasteiger charge is 2.21. The Morgan fingerprint density at radius 1 is 0.833 bits per heavy atom. The van der Waals surface area contributed by atoms with Crippen LogP contribution in [0, 0.1) is 26.2 Å². The topological polar surface area (TPSA) is 23.9 Å². The van der Waals surface area contributed by atoms with E-state index < -0.39 is 0 Å². The zero-order chi connectivity index (χ0) is 17.4. The summed E-state index contributed by atoms with van der Waals surface area (Å²) in [4.78, 5) is 0. The summed E-state index contributed by atoms with van der Waals surface area (Å²) in [7, 11) is 0. The number of rotatable bonds is 3. The van der Waals surface area contributed by atoms with Gasteiger partial charge in [-0.15, -0.1) is 0 Å². The van der Waals surface area contributed by atoms with E-state index in [1.54, 1.807) is 0 Å². The van der Waals surface area contributed by atoms with Gasteiger partial charge in [0.1, 0.15) is 0 Å². The van der Waals surface area contributed by atoms with Crippen LogP contribution in [0.4, 0.5) is 0 Å². The Hall–Kier alpha value is -2.41. The summed E-state index contributed by atoms with van der Waals surface area (Å²) in [6.07, 6.45) is 4.54. The van der Waals surface area contributed by atoms with Gasteiger partial charge in [-0.3, -0.25) is 5.41 Å². The first kappa shape index (κ1) is 16.4. The summed E-state index contributed by atoms with van der Waals surface area (Å²) in [6.45, 7) is 10.7. The van der Waals surface area contributed by atoms with E-state index >= 15 is 0 Å². The number of hydrogen-bond acceptors (Lipinski definition) is 1. The second-order valence-electron chi connectivity index (χ2n) is 6.92. The predicted molar refractivity (Wildman–Crippen MR) is 103 cm³/mol. The van der Waals surface area contributed by atoms with Crippen LogP contribution in [0.1, 0.15) is 53.1 Å². The van der Waals surface area contributed by atoms with Crippen LogP contribution < -0.4 is 0 Å². The third kappa shape index (κ3) is 2.75. The Morgan fingerprint density at radius 2 is 1.54 bits per heavy atom. The summed E-state index contributed by atoms with van der Waals surface area (Å²) in [5, 5.41) is 8.86. The van der Waals surface area contributed by atoms with Crippen molar-refractivity contribution in [1.82, 2.24) is 0 Å². The fraction of sp³-hybridized carbons (Fsp3) is 0.261. The van der Waals surface area contributed by atoms with Crippen LogP contribution >= 0.6 is 0 Å². The van der Waals surface area contributed by atoms with E-state index in [0.29, 0.717) is 5.71 Å². The fourth-order valence-corrected chi connectivity index (χ4v) is 3.59. The summed E-state index contributed by atoms with van der Waals surface area (Å²) in [5.41, 5.74) is 10.3. The van der Waals surface area contributed by atoms with Gasteiger partial charge in [-0.25, -0.2) is 0 Å². The first-order chi connectivity index (χ1) is 11.4. The fourth-order valence-electron chi connectivity index (χ4n) is 3.59. The largest absolute Gasteiger partial charge is 0.300 e. The highest BCUT2D eigenvalue weighted by molar-refractivity contribution is 6.13. The Kier molecular flexibility index (Phi) is 4.28. The molecule has 0 spiro atoms. The van der Waals surface area contributed by atoms with Gasteiger partial charge in [-0.1, -0.05) is 59.7 Å². The lowest BCUT2D eigenvalue weighted by atomic mass is 9.85. The number of benzene rings is 2. The van der Waals surface area contributed by atoms with Gasteiger partial charge in [-0.2, -0.15) is 0 Å². The van der Waals surface area contributed by atoms with Crippen LogP contribution in [0.15, 0.2) is 59.7 Å². The lowest BCUT2D eigenvalue weighted by Gasteiger charge is -2.19. The molecule has 0 amide bonds. The molecule has 0 saturated heterocycles. The third-order valence-electron chi connectivity index (χ3n) is 5.27. The molecule has 1 aliphatic carbocycles.